The second-order valence-electron chi connectivity index (χ2n) is 6.87. The van der Waals surface area contributed by atoms with E-state index in [4.69, 9.17) is 5.73 Å². The van der Waals surface area contributed by atoms with E-state index in [-0.39, 0.29) is 37.0 Å². The zero-order valence-corrected chi connectivity index (χ0v) is 17.7. The quantitative estimate of drug-likeness (QED) is 0.505. The van der Waals surface area contributed by atoms with Crippen LogP contribution in [0.3, 0.4) is 0 Å². The minimum atomic E-state index is -1.29. The van der Waals surface area contributed by atoms with Crippen molar-refractivity contribution in [1.82, 2.24) is 10.6 Å². The van der Waals surface area contributed by atoms with Gasteiger partial charge in [-0.15, -0.1) is 0 Å². The van der Waals surface area contributed by atoms with Gasteiger partial charge in [-0.1, -0.05) is 48.5 Å². The van der Waals surface area contributed by atoms with Crippen molar-refractivity contribution in [3.63, 3.8) is 0 Å². The first-order chi connectivity index (χ1) is 14.4. The topological polar surface area (TPSA) is 118 Å². The highest BCUT2D eigenvalue weighted by atomic mass is 32.2. The summed E-state index contributed by atoms with van der Waals surface area (Å²) < 4.78 is 12.3. The van der Waals surface area contributed by atoms with Crippen molar-refractivity contribution in [2.45, 2.75) is 43.2 Å². The molecule has 3 amide bonds. The minimum absolute atomic E-state index is 0.00949. The Kier molecular flexibility index (Phi) is 9.21. The van der Waals surface area contributed by atoms with Crippen molar-refractivity contribution in [1.29, 1.82) is 0 Å². The molecule has 160 valence electrons. The number of nitrogens with two attached hydrogens (primary N) is 1. The molecule has 0 aromatic heterocycles. The molecule has 7 nitrogen and oxygen atoms in total. The van der Waals surface area contributed by atoms with Crippen molar-refractivity contribution in [3.05, 3.63) is 66.2 Å². The fourth-order valence-electron chi connectivity index (χ4n) is 2.83. The van der Waals surface area contributed by atoms with E-state index >= 15 is 0 Å². The van der Waals surface area contributed by atoms with Gasteiger partial charge in [-0.05, 0) is 31.0 Å². The van der Waals surface area contributed by atoms with Crippen LogP contribution in [-0.2, 0) is 25.2 Å². The van der Waals surface area contributed by atoms with E-state index in [9.17, 15) is 18.6 Å². The van der Waals surface area contributed by atoms with Gasteiger partial charge < -0.3 is 16.4 Å². The minimum Gasteiger partial charge on any atom is -0.368 e. The summed E-state index contributed by atoms with van der Waals surface area (Å²) in [5, 5.41) is 5.37. The van der Waals surface area contributed by atoms with Crippen LogP contribution >= 0.6 is 0 Å². The first-order valence-corrected chi connectivity index (χ1v) is 11.0. The Balaban J connectivity index is 1.77. The van der Waals surface area contributed by atoms with Gasteiger partial charge in [0.05, 0.1) is 16.8 Å². The Morgan fingerprint density at radius 3 is 2.00 bits per heavy atom. The third-order valence-corrected chi connectivity index (χ3v) is 5.94. The summed E-state index contributed by atoms with van der Waals surface area (Å²) in [6.45, 7) is 1.86. The maximum atomic E-state index is 12.3. The van der Waals surface area contributed by atoms with Crippen LogP contribution < -0.4 is 16.4 Å². The van der Waals surface area contributed by atoms with Crippen LogP contribution in [0.15, 0.2) is 65.6 Å². The Morgan fingerprint density at radius 1 is 0.900 bits per heavy atom. The van der Waals surface area contributed by atoms with Crippen LogP contribution in [-0.4, -0.2) is 33.7 Å². The number of amides is 3. The Labute approximate surface area is 178 Å². The first-order valence-electron chi connectivity index (χ1n) is 9.73. The highest BCUT2D eigenvalue weighted by Crippen LogP contribution is 2.11. The third kappa shape index (κ3) is 7.79. The lowest BCUT2D eigenvalue weighted by Crippen LogP contribution is -2.45. The normalized spacial score (nSPS) is 13.6. The number of primary amides is 1. The number of hydrogen-bond acceptors (Lipinski definition) is 4. The molecule has 2 aromatic rings. The van der Waals surface area contributed by atoms with Gasteiger partial charge in [-0.2, -0.15) is 0 Å². The molecule has 2 rings (SSSR count). The zero-order valence-electron chi connectivity index (χ0n) is 16.9. The molecule has 0 heterocycles. The van der Waals surface area contributed by atoms with Gasteiger partial charge in [-0.3, -0.25) is 18.6 Å². The number of hydrogen-bond donors (Lipinski definition) is 3. The SMILES string of the molecule is C[C@@H](NC(=O)CCC(=O)N[C@H](CC[S@@](=O)c1ccccc1)C(N)=O)c1ccccc1. The molecule has 30 heavy (non-hydrogen) atoms. The standard InChI is InChI=1S/C22H27N3O4S/c1-16(17-8-4-2-5-9-17)24-20(26)12-13-21(27)25-19(22(23)28)14-15-30(29)18-10-6-3-7-11-18/h2-11,16,19H,12-15H2,1H3,(H2,23,28)(H,24,26)(H,25,27)/t16-,19-,30-/m1/s1. The second kappa shape index (κ2) is 11.9. The van der Waals surface area contributed by atoms with Crippen LogP contribution in [0.2, 0.25) is 0 Å². The lowest BCUT2D eigenvalue weighted by Gasteiger charge is -2.16. The number of carbonyl (C=O) groups is 3. The highest BCUT2D eigenvalue weighted by Gasteiger charge is 2.20. The van der Waals surface area contributed by atoms with Crippen LogP contribution in [0.4, 0.5) is 0 Å². The smallest absolute Gasteiger partial charge is 0.240 e. The maximum Gasteiger partial charge on any atom is 0.240 e. The predicted molar refractivity (Wildman–Crippen MR) is 116 cm³/mol. The highest BCUT2D eigenvalue weighted by molar-refractivity contribution is 7.85. The summed E-state index contributed by atoms with van der Waals surface area (Å²) in [4.78, 5) is 36.6. The Morgan fingerprint density at radius 2 is 1.43 bits per heavy atom. The molecule has 8 heteroatoms. The molecular formula is C22H27N3O4S. The average molecular weight is 430 g/mol. The van der Waals surface area contributed by atoms with Gasteiger partial charge in [-0.25, -0.2) is 0 Å². The molecule has 0 spiro atoms. The van der Waals surface area contributed by atoms with Gasteiger partial charge in [0.15, 0.2) is 0 Å². The number of benzene rings is 2. The van der Waals surface area contributed by atoms with Crippen LogP contribution in [0.5, 0.6) is 0 Å². The van der Waals surface area contributed by atoms with Crippen molar-refractivity contribution in [2.75, 3.05) is 5.75 Å². The molecule has 0 aliphatic heterocycles. The molecule has 0 radical (unpaired) electrons. The molecule has 4 N–H and O–H groups in total. The van der Waals surface area contributed by atoms with Crippen LogP contribution in [0.1, 0.15) is 37.8 Å². The van der Waals surface area contributed by atoms with E-state index in [1.165, 1.54) is 0 Å². The largest absolute Gasteiger partial charge is 0.368 e. The predicted octanol–water partition coefficient (Wildman–Crippen LogP) is 1.81. The molecular weight excluding hydrogens is 402 g/mol. The van der Waals surface area contributed by atoms with Crippen LogP contribution in [0, 0.1) is 0 Å². The fraction of sp³-hybridized carbons (Fsp3) is 0.318. The molecule has 2 aromatic carbocycles. The van der Waals surface area contributed by atoms with Gasteiger partial charge in [0.2, 0.25) is 17.7 Å². The molecule has 0 bridgehead atoms. The lowest BCUT2D eigenvalue weighted by molar-refractivity contribution is -0.129. The average Bonchev–Trinajstić information content (AvgIpc) is 2.76. The molecule has 0 saturated carbocycles. The van der Waals surface area contributed by atoms with Crippen molar-refractivity contribution >= 4 is 28.5 Å². The molecule has 0 aliphatic carbocycles. The number of nitrogens with one attached hydrogen (secondary N) is 2. The van der Waals surface area contributed by atoms with Crippen molar-refractivity contribution in [3.8, 4) is 0 Å². The summed E-state index contributed by atoms with van der Waals surface area (Å²) in [7, 11) is -1.29. The summed E-state index contributed by atoms with van der Waals surface area (Å²) in [6.07, 6.45) is 0.0726. The number of rotatable bonds is 11. The summed E-state index contributed by atoms with van der Waals surface area (Å²) in [6, 6.07) is 17.3. The molecule has 0 unspecified atom stereocenters. The van der Waals surface area contributed by atoms with Gasteiger partial charge in [0.1, 0.15) is 6.04 Å². The van der Waals surface area contributed by atoms with Gasteiger partial charge in [0, 0.05) is 23.5 Å². The van der Waals surface area contributed by atoms with E-state index in [0.717, 1.165) is 5.56 Å². The first kappa shape index (κ1) is 23.3. The van der Waals surface area contributed by atoms with Gasteiger partial charge >= 0.3 is 0 Å². The summed E-state index contributed by atoms with van der Waals surface area (Å²) in [5.41, 5.74) is 6.33. The van der Waals surface area contributed by atoms with Crippen molar-refractivity contribution < 1.29 is 18.6 Å². The monoisotopic (exact) mass is 429 g/mol. The third-order valence-electron chi connectivity index (χ3n) is 4.53. The maximum absolute atomic E-state index is 12.3. The van der Waals surface area contributed by atoms with E-state index < -0.39 is 28.7 Å². The zero-order chi connectivity index (χ0) is 21.9. The van der Waals surface area contributed by atoms with Crippen molar-refractivity contribution in [2.24, 2.45) is 5.73 Å². The van der Waals surface area contributed by atoms with E-state index in [2.05, 4.69) is 10.6 Å². The molecule has 0 aliphatic rings. The van der Waals surface area contributed by atoms with E-state index in [1.54, 1.807) is 24.3 Å². The summed E-state index contributed by atoms with van der Waals surface area (Å²) in [5.74, 6) is -1.22. The Bertz CT molecular complexity index is 874. The lowest BCUT2D eigenvalue weighted by atomic mass is 10.1. The Hall–Kier alpha value is -3.00. The molecule has 0 saturated heterocycles. The van der Waals surface area contributed by atoms with Gasteiger partial charge in [0.25, 0.3) is 0 Å². The molecule has 3 atom stereocenters. The van der Waals surface area contributed by atoms with Crippen LogP contribution in [0.25, 0.3) is 0 Å². The van der Waals surface area contributed by atoms with E-state index in [1.807, 2.05) is 43.3 Å². The molecule has 0 fully saturated rings. The summed E-state index contributed by atoms with van der Waals surface area (Å²) >= 11 is 0. The fourth-order valence-corrected chi connectivity index (χ4v) is 3.98. The number of carbonyl (C=O) groups excluding carboxylic acids is 3. The van der Waals surface area contributed by atoms with E-state index in [0.29, 0.717) is 4.90 Å². The second-order valence-corrected chi connectivity index (χ2v) is 8.44.